The number of rotatable bonds is 3. The van der Waals surface area contributed by atoms with Crippen molar-refractivity contribution in [3.05, 3.63) is 269 Å². The van der Waals surface area contributed by atoms with Crippen LogP contribution < -0.4 is 14.4 Å². The second kappa shape index (κ2) is 13.0. The summed E-state index contributed by atoms with van der Waals surface area (Å²) in [4.78, 5) is 2.48. The molecule has 66 heavy (non-hydrogen) atoms. The molecular formula is C62H37NO3. The lowest BCUT2D eigenvalue weighted by atomic mass is 9.66. The van der Waals surface area contributed by atoms with Crippen molar-refractivity contribution in [3.8, 4) is 45.3 Å². The zero-order valence-electron chi connectivity index (χ0n) is 35.5. The molecule has 4 nitrogen and oxygen atoms in total. The minimum Gasteiger partial charge on any atom is -0.457 e. The Labute approximate surface area is 381 Å². The van der Waals surface area contributed by atoms with E-state index in [1.165, 1.54) is 44.5 Å². The molecule has 0 amide bonds. The highest BCUT2D eigenvalue weighted by Crippen LogP contribution is 2.66. The lowest BCUT2D eigenvalue weighted by molar-refractivity contribution is 0.436. The monoisotopic (exact) mass is 843 g/mol. The van der Waals surface area contributed by atoms with Crippen LogP contribution >= 0.6 is 0 Å². The first-order chi connectivity index (χ1) is 32.7. The Kier molecular flexibility index (Phi) is 7.05. The van der Waals surface area contributed by atoms with Crippen LogP contribution in [0.2, 0.25) is 0 Å². The van der Waals surface area contributed by atoms with Gasteiger partial charge in [-0.25, -0.2) is 0 Å². The molecule has 0 saturated carbocycles. The maximum Gasteiger partial charge on any atom is 0.135 e. The highest BCUT2D eigenvalue weighted by Gasteiger charge is 2.53. The van der Waals surface area contributed by atoms with Gasteiger partial charge >= 0.3 is 0 Å². The Morgan fingerprint density at radius 3 is 1.41 bits per heavy atom. The summed E-state index contributed by atoms with van der Waals surface area (Å²) in [5.74, 6) is 3.52. The summed E-state index contributed by atoms with van der Waals surface area (Å²) < 4.78 is 19.8. The Hall–Kier alpha value is -8.60. The molecule has 3 heterocycles. The molecule has 0 atom stereocenters. The number of fused-ring (bicyclic) bond motifs is 21. The van der Waals surface area contributed by atoms with Crippen molar-refractivity contribution < 1.29 is 13.9 Å². The summed E-state index contributed by atoms with van der Waals surface area (Å²) in [6.07, 6.45) is 0. The zero-order valence-corrected chi connectivity index (χ0v) is 35.5. The van der Waals surface area contributed by atoms with Crippen LogP contribution in [-0.2, 0) is 10.8 Å². The van der Waals surface area contributed by atoms with Gasteiger partial charge in [-0.1, -0.05) is 158 Å². The Morgan fingerprint density at radius 2 is 0.758 bits per heavy atom. The highest BCUT2D eigenvalue weighted by atomic mass is 16.5. The largest absolute Gasteiger partial charge is 0.457 e. The lowest BCUT2D eigenvalue weighted by Gasteiger charge is -2.39. The van der Waals surface area contributed by atoms with Crippen molar-refractivity contribution >= 4 is 39.0 Å². The molecule has 2 aliphatic carbocycles. The van der Waals surface area contributed by atoms with Gasteiger partial charge in [0.25, 0.3) is 0 Å². The molecule has 4 aliphatic rings. The number of hydrogen-bond donors (Lipinski definition) is 0. The average Bonchev–Trinajstić information content (AvgIpc) is 4.00. The first-order valence-corrected chi connectivity index (χ1v) is 22.7. The van der Waals surface area contributed by atoms with Crippen molar-refractivity contribution in [2.75, 3.05) is 4.90 Å². The van der Waals surface area contributed by atoms with Crippen molar-refractivity contribution in [3.63, 3.8) is 0 Å². The molecule has 0 bridgehead atoms. The number of para-hydroxylation sites is 5. The zero-order chi connectivity index (χ0) is 43.1. The molecule has 0 fully saturated rings. The fraction of sp³-hybridized carbons (Fsp3) is 0.0323. The molecule has 1 aromatic heterocycles. The summed E-state index contributed by atoms with van der Waals surface area (Å²) in [7, 11) is 0. The van der Waals surface area contributed by atoms with Gasteiger partial charge in [0.05, 0.1) is 16.5 Å². The van der Waals surface area contributed by atoms with Gasteiger partial charge in [-0.2, -0.15) is 0 Å². The predicted octanol–water partition coefficient (Wildman–Crippen LogP) is 16.0. The summed E-state index contributed by atoms with van der Waals surface area (Å²) >= 11 is 0. The minimum atomic E-state index is -0.614. The molecule has 0 radical (unpaired) electrons. The van der Waals surface area contributed by atoms with Crippen molar-refractivity contribution in [1.82, 2.24) is 0 Å². The van der Waals surface area contributed by atoms with Gasteiger partial charge < -0.3 is 18.8 Å². The second-order valence-electron chi connectivity index (χ2n) is 17.8. The fourth-order valence-electron chi connectivity index (χ4n) is 12.3. The third-order valence-corrected chi connectivity index (χ3v) is 14.8. The first-order valence-electron chi connectivity index (χ1n) is 22.7. The van der Waals surface area contributed by atoms with Gasteiger partial charge in [0.15, 0.2) is 0 Å². The third kappa shape index (κ3) is 4.43. The van der Waals surface area contributed by atoms with Crippen LogP contribution in [-0.4, -0.2) is 0 Å². The van der Waals surface area contributed by atoms with E-state index < -0.39 is 10.8 Å². The molecule has 0 unspecified atom stereocenters. The van der Waals surface area contributed by atoms with E-state index in [2.05, 4.69) is 223 Å². The van der Waals surface area contributed by atoms with Gasteiger partial charge in [-0.05, 0) is 106 Å². The molecule has 15 rings (SSSR count). The minimum absolute atomic E-state index is 0.571. The SMILES string of the molecule is c1ccc2c(c1)Oc1ccccc1C21c2ccccc2-c2cc(N(c3ccc4oc5ccccc5c4c3)c3cccc4c3-c3ccccc3C43c4ccccc4Oc4ccccc43)ccc21. The van der Waals surface area contributed by atoms with Gasteiger partial charge in [0.1, 0.15) is 34.2 Å². The number of nitrogens with zero attached hydrogens (tertiary/aromatic N) is 1. The first kappa shape index (κ1) is 35.8. The van der Waals surface area contributed by atoms with E-state index in [9.17, 15) is 0 Å². The van der Waals surface area contributed by atoms with Crippen LogP contribution in [0.3, 0.4) is 0 Å². The number of furan rings is 1. The normalized spacial score (nSPS) is 14.5. The van der Waals surface area contributed by atoms with Gasteiger partial charge in [-0.3, -0.25) is 0 Å². The number of benzene rings is 10. The maximum absolute atomic E-state index is 6.71. The average molecular weight is 844 g/mol. The van der Waals surface area contributed by atoms with Gasteiger partial charge in [0, 0.05) is 50.0 Å². The van der Waals surface area contributed by atoms with E-state index in [-0.39, 0.29) is 0 Å². The molecular weight excluding hydrogens is 807 g/mol. The second-order valence-corrected chi connectivity index (χ2v) is 17.8. The summed E-state index contributed by atoms with van der Waals surface area (Å²) in [6.45, 7) is 0. The van der Waals surface area contributed by atoms with Gasteiger partial charge in [-0.15, -0.1) is 0 Å². The smallest absolute Gasteiger partial charge is 0.135 e. The quantitative estimate of drug-likeness (QED) is 0.177. The fourth-order valence-corrected chi connectivity index (χ4v) is 12.3. The molecule has 308 valence electrons. The molecule has 4 heteroatoms. The van der Waals surface area contributed by atoms with E-state index in [4.69, 9.17) is 13.9 Å². The lowest BCUT2D eigenvalue weighted by Crippen LogP contribution is -2.32. The topological polar surface area (TPSA) is 34.8 Å². The van der Waals surface area contributed by atoms with Crippen LogP contribution in [0.4, 0.5) is 17.1 Å². The molecule has 0 saturated heterocycles. The van der Waals surface area contributed by atoms with E-state index in [1.807, 2.05) is 6.07 Å². The van der Waals surface area contributed by atoms with Gasteiger partial charge in [0.2, 0.25) is 0 Å². The van der Waals surface area contributed by atoms with E-state index in [0.717, 1.165) is 84.3 Å². The van der Waals surface area contributed by atoms with Crippen molar-refractivity contribution in [2.24, 2.45) is 0 Å². The summed E-state index contributed by atoms with van der Waals surface area (Å²) in [5.41, 5.74) is 18.1. The van der Waals surface area contributed by atoms with E-state index in [0.29, 0.717) is 0 Å². The van der Waals surface area contributed by atoms with Crippen LogP contribution in [0.15, 0.2) is 229 Å². The summed E-state index contributed by atoms with van der Waals surface area (Å²) in [5, 5.41) is 2.17. The molecule has 2 spiro atoms. The highest BCUT2D eigenvalue weighted by molar-refractivity contribution is 6.07. The van der Waals surface area contributed by atoms with Crippen LogP contribution in [0.5, 0.6) is 23.0 Å². The Morgan fingerprint density at radius 1 is 0.303 bits per heavy atom. The Bertz CT molecular complexity index is 3790. The third-order valence-electron chi connectivity index (χ3n) is 14.8. The Balaban J connectivity index is 1.03. The molecule has 10 aromatic carbocycles. The summed E-state index contributed by atoms with van der Waals surface area (Å²) in [6, 6.07) is 81.2. The van der Waals surface area contributed by atoms with Crippen molar-refractivity contribution in [1.29, 1.82) is 0 Å². The van der Waals surface area contributed by atoms with Crippen LogP contribution in [0, 0.1) is 0 Å². The molecule has 0 N–H and O–H groups in total. The molecule has 2 aliphatic heterocycles. The van der Waals surface area contributed by atoms with Crippen LogP contribution in [0.25, 0.3) is 44.2 Å². The molecule has 11 aromatic rings. The van der Waals surface area contributed by atoms with E-state index >= 15 is 0 Å². The number of hydrogen-bond acceptors (Lipinski definition) is 4. The number of anilines is 3. The van der Waals surface area contributed by atoms with E-state index in [1.54, 1.807) is 0 Å². The maximum atomic E-state index is 6.71. The van der Waals surface area contributed by atoms with Crippen LogP contribution in [0.1, 0.15) is 44.5 Å². The van der Waals surface area contributed by atoms with Crippen molar-refractivity contribution in [2.45, 2.75) is 10.8 Å². The standard InChI is InChI=1S/C62H37NO3/c1-4-19-45-40(16-1)43-36-38(32-34-47(43)61(45)48-21-6-11-28-56(48)65-57-29-12-7-22-49(57)61)63(39-33-35-55-44(37-39)41-17-3-10-27-54(41)64-55)53-26-15-25-52-60(53)42-18-2-5-20-46(42)62(52)50-23-8-13-30-58(50)66-59-31-14-9-24-51(59)62/h1-37H. The number of ether oxygens (including phenoxy) is 2. The predicted molar refractivity (Wildman–Crippen MR) is 263 cm³/mol.